The number of para-hydroxylation sites is 1. The highest BCUT2D eigenvalue weighted by Crippen LogP contribution is 2.31. The molecule has 26 heavy (non-hydrogen) atoms. The third-order valence-corrected chi connectivity index (χ3v) is 3.39. The summed E-state index contributed by atoms with van der Waals surface area (Å²) in [5.41, 5.74) is 0.273. The number of aromatic nitrogens is 2. The lowest BCUT2D eigenvalue weighted by atomic mass is 10.2. The van der Waals surface area contributed by atoms with E-state index in [9.17, 15) is 18.0 Å². The minimum Gasteiger partial charge on any atom is -0.324 e. The SMILES string of the molecule is O=C(Nc1ccccc1)c1cnc(Nc2cccc(C(F)(F)F)c2)nc1. The minimum atomic E-state index is -4.43. The number of amides is 1. The Bertz CT molecular complexity index is 896. The predicted octanol–water partition coefficient (Wildman–Crippen LogP) is 4.49. The molecule has 5 nitrogen and oxygen atoms in total. The molecule has 8 heteroatoms. The number of carbonyl (C=O) groups excluding carboxylic acids is 1. The molecule has 3 aromatic rings. The van der Waals surface area contributed by atoms with Crippen molar-refractivity contribution in [2.45, 2.75) is 6.18 Å². The third-order valence-electron chi connectivity index (χ3n) is 3.39. The molecule has 0 aliphatic heterocycles. The van der Waals surface area contributed by atoms with E-state index in [-0.39, 0.29) is 23.1 Å². The van der Waals surface area contributed by atoms with E-state index >= 15 is 0 Å². The first kappa shape index (κ1) is 17.4. The van der Waals surface area contributed by atoms with Crippen LogP contribution in [-0.4, -0.2) is 15.9 Å². The molecule has 0 unspecified atom stereocenters. The maximum absolute atomic E-state index is 12.7. The van der Waals surface area contributed by atoms with E-state index in [0.717, 1.165) is 12.1 Å². The van der Waals surface area contributed by atoms with Crippen LogP contribution < -0.4 is 10.6 Å². The van der Waals surface area contributed by atoms with Gasteiger partial charge in [0.2, 0.25) is 5.95 Å². The maximum atomic E-state index is 12.7. The fraction of sp³-hybridized carbons (Fsp3) is 0.0556. The largest absolute Gasteiger partial charge is 0.416 e. The average Bonchev–Trinajstić information content (AvgIpc) is 2.63. The molecule has 0 fully saturated rings. The van der Waals surface area contributed by atoms with Gasteiger partial charge in [-0.05, 0) is 30.3 Å². The van der Waals surface area contributed by atoms with Gasteiger partial charge in [-0.15, -0.1) is 0 Å². The summed E-state index contributed by atoms with van der Waals surface area (Å²) in [4.78, 5) is 20.0. The Labute approximate surface area is 146 Å². The zero-order valence-corrected chi connectivity index (χ0v) is 13.3. The highest BCUT2D eigenvalue weighted by atomic mass is 19.4. The van der Waals surface area contributed by atoms with Crippen LogP contribution in [0.1, 0.15) is 15.9 Å². The Kier molecular flexibility index (Phi) is 4.83. The van der Waals surface area contributed by atoms with Crippen LogP contribution >= 0.6 is 0 Å². The van der Waals surface area contributed by atoms with Gasteiger partial charge in [0.05, 0.1) is 11.1 Å². The van der Waals surface area contributed by atoms with Crippen LogP contribution in [0.4, 0.5) is 30.5 Å². The van der Waals surface area contributed by atoms with Crippen LogP contribution in [0.3, 0.4) is 0 Å². The van der Waals surface area contributed by atoms with Crippen molar-refractivity contribution in [1.29, 1.82) is 0 Å². The van der Waals surface area contributed by atoms with E-state index < -0.39 is 11.7 Å². The molecule has 2 N–H and O–H groups in total. The van der Waals surface area contributed by atoms with E-state index in [1.54, 1.807) is 24.3 Å². The zero-order chi connectivity index (χ0) is 18.6. The highest BCUT2D eigenvalue weighted by molar-refractivity contribution is 6.03. The van der Waals surface area contributed by atoms with E-state index in [1.807, 2.05) is 6.07 Å². The highest BCUT2D eigenvalue weighted by Gasteiger charge is 2.30. The third kappa shape index (κ3) is 4.35. The number of hydrogen-bond donors (Lipinski definition) is 2. The van der Waals surface area contributed by atoms with Crippen molar-refractivity contribution in [3.8, 4) is 0 Å². The van der Waals surface area contributed by atoms with Crippen molar-refractivity contribution in [3.05, 3.63) is 78.1 Å². The molecular formula is C18H13F3N4O. The van der Waals surface area contributed by atoms with Crippen LogP contribution in [0.25, 0.3) is 0 Å². The van der Waals surface area contributed by atoms with E-state index in [1.165, 1.54) is 24.5 Å². The first-order valence-corrected chi connectivity index (χ1v) is 7.54. The van der Waals surface area contributed by atoms with Crippen molar-refractivity contribution in [2.24, 2.45) is 0 Å². The van der Waals surface area contributed by atoms with Gasteiger partial charge in [0, 0.05) is 23.8 Å². The van der Waals surface area contributed by atoms with Gasteiger partial charge in [-0.25, -0.2) is 9.97 Å². The van der Waals surface area contributed by atoms with Gasteiger partial charge < -0.3 is 10.6 Å². The first-order valence-electron chi connectivity index (χ1n) is 7.54. The monoisotopic (exact) mass is 358 g/mol. The molecular weight excluding hydrogens is 345 g/mol. The van der Waals surface area contributed by atoms with E-state index in [2.05, 4.69) is 20.6 Å². The van der Waals surface area contributed by atoms with Gasteiger partial charge in [-0.2, -0.15) is 13.2 Å². The predicted molar refractivity (Wildman–Crippen MR) is 91.2 cm³/mol. The summed E-state index contributed by atoms with van der Waals surface area (Å²) in [6.07, 6.45) is -1.85. The quantitative estimate of drug-likeness (QED) is 0.721. The Morgan fingerprint density at radius 1 is 0.885 bits per heavy atom. The summed E-state index contributed by atoms with van der Waals surface area (Å²) >= 11 is 0. The number of nitrogens with zero attached hydrogens (tertiary/aromatic N) is 2. The second kappa shape index (κ2) is 7.22. The molecule has 3 rings (SSSR count). The molecule has 0 radical (unpaired) electrons. The molecule has 1 aromatic heterocycles. The first-order chi connectivity index (χ1) is 12.4. The number of rotatable bonds is 4. The van der Waals surface area contributed by atoms with Crippen molar-refractivity contribution in [2.75, 3.05) is 10.6 Å². The van der Waals surface area contributed by atoms with Gasteiger partial charge in [-0.3, -0.25) is 4.79 Å². The van der Waals surface area contributed by atoms with Crippen molar-refractivity contribution in [1.82, 2.24) is 9.97 Å². The summed E-state index contributed by atoms with van der Waals surface area (Å²) in [6, 6.07) is 13.6. The summed E-state index contributed by atoms with van der Waals surface area (Å²) in [5, 5.41) is 5.37. The Balaban J connectivity index is 1.69. The summed E-state index contributed by atoms with van der Waals surface area (Å²) in [7, 11) is 0. The molecule has 1 amide bonds. The molecule has 132 valence electrons. The number of halogens is 3. The fourth-order valence-electron chi connectivity index (χ4n) is 2.14. The normalized spacial score (nSPS) is 11.0. The molecule has 0 saturated carbocycles. The second-order valence-electron chi connectivity index (χ2n) is 5.32. The van der Waals surface area contributed by atoms with Gasteiger partial charge >= 0.3 is 6.18 Å². The van der Waals surface area contributed by atoms with Gasteiger partial charge in [0.1, 0.15) is 0 Å². The summed E-state index contributed by atoms with van der Waals surface area (Å²) in [5.74, 6) is -0.303. The topological polar surface area (TPSA) is 66.9 Å². The fourth-order valence-corrected chi connectivity index (χ4v) is 2.14. The minimum absolute atomic E-state index is 0.0839. The molecule has 0 saturated heterocycles. The molecule has 0 aliphatic rings. The summed E-state index contributed by atoms with van der Waals surface area (Å²) in [6.45, 7) is 0. The van der Waals surface area contributed by atoms with E-state index in [0.29, 0.717) is 5.69 Å². The molecule has 0 spiro atoms. The number of carbonyl (C=O) groups is 1. The van der Waals surface area contributed by atoms with Crippen molar-refractivity contribution < 1.29 is 18.0 Å². The number of hydrogen-bond acceptors (Lipinski definition) is 4. The van der Waals surface area contributed by atoms with Gasteiger partial charge in [0.15, 0.2) is 0 Å². The van der Waals surface area contributed by atoms with E-state index in [4.69, 9.17) is 0 Å². The summed E-state index contributed by atoms with van der Waals surface area (Å²) < 4.78 is 38.2. The van der Waals surface area contributed by atoms with Crippen LogP contribution in [-0.2, 0) is 6.18 Å². The number of alkyl halides is 3. The van der Waals surface area contributed by atoms with Gasteiger partial charge in [0.25, 0.3) is 5.91 Å². The van der Waals surface area contributed by atoms with Crippen LogP contribution in [0.15, 0.2) is 67.0 Å². The Morgan fingerprint density at radius 2 is 1.54 bits per heavy atom. The van der Waals surface area contributed by atoms with Crippen LogP contribution in [0.5, 0.6) is 0 Å². The van der Waals surface area contributed by atoms with Crippen molar-refractivity contribution >= 4 is 23.2 Å². The Morgan fingerprint density at radius 3 is 2.19 bits per heavy atom. The Hall–Kier alpha value is -3.42. The molecule has 0 bridgehead atoms. The lowest BCUT2D eigenvalue weighted by Gasteiger charge is -2.10. The molecule has 0 aliphatic carbocycles. The number of benzene rings is 2. The number of anilines is 3. The second-order valence-corrected chi connectivity index (χ2v) is 5.32. The standard InChI is InChI=1S/C18H13F3N4O/c19-18(20,21)13-5-4-8-15(9-13)25-17-22-10-12(11-23-17)16(26)24-14-6-2-1-3-7-14/h1-11H,(H,24,26)(H,22,23,25). The van der Waals surface area contributed by atoms with Crippen molar-refractivity contribution in [3.63, 3.8) is 0 Å². The molecule has 1 heterocycles. The van der Waals surface area contributed by atoms with Crippen LogP contribution in [0.2, 0.25) is 0 Å². The zero-order valence-electron chi connectivity index (χ0n) is 13.3. The van der Waals surface area contributed by atoms with Crippen LogP contribution in [0, 0.1) is 0 Å². The van der Waals surface area contributed by atoms with Gasteiger partial charge in [-0.1, -0.05) is 24.3 Å². The lowest BCUT2D eigenvalue weighted by Crippen LogP contribution is -2.13. The average molecular weight is 358 g/mol. The maximum Gasteiger partial charge on any atom is 0.416 e. The smallest absolute Gasteiger partial charge is 0.324 e. The number of nitrogens with one attached hydrogen (secondary N) is 2. The molecule has 0 atom stereocenters. The lowest BCUT2D eigenvalue weighted by molar-refractivity contribution is -0.137. The molecule has 2 aromatic carbocycles.